The van der Waals surface area contributed by atoms with Crippen LogP contribution in [0.15, 0.2) is 0 Å². The third-order valence-electron chi connectivity index (χ3n) is 2.40. The van der Waals surface area contributed by atoms with Crippen LogP contribution >= 0.6 is 11.8 Å². The van der Waals surface area contributed by atoms with E-state index in [1.54, 1.807) is 0 Å². The molecule has 0 bridgehead atoms. The number of thioether (sulfide) groups is 1. The lowest BCUT2D eigenvalue weighted by molar-refractivity contribution is 0.496. The summed E-state index contributed by atoms with van der Waals surface area (Å²) in [5.74, 6) is 0. The summed E-state index contributed by atoms with van der Waals surface area (Å²) < 4.78 is 22.7. The smallest absolute Gasteiger partial charge is 0.151 e. The van der Waals surface area contributed by atoms with Crippen molar-refractivity contribution >= 4 is 21.6 Å². The molecule has 5 heteroatoms. The first-order valence-corrected chi connectivity index (χ1v) is 7.12. The molecule has 74 valence electrons. The first-order valence-electron chi connectivity index (χ1n) is 4.29. The van der Waals surface area contributed by atoms with Crippen molar-refractivity contribution in [1.29, 1.82) is 5.26 Å². The second-order valence-electron chi connectivity index (χ2n) is 3.40. The predicted molar refractivity (Wildman–Crippen MR) is 54.1 cm³/mol. The Morgan fingerprint density at radius 1 is 1.38 bits per heavy atom. The topological polar surface area (TPSA) is 57.9 Å². The van der Waals surface area contributed by atoms with Crippen molar-refractivity contribution in [3.63, 3.8) is 0 Å². The summed E-state index contributed by atoms with van der Waals surface area (Å²) in [6, 6.07) is 0. The summed E-state index contributed by atoms with van der Waals surface area (Å²) in [5.41, 5.74) is 0. The summed E-state index contributed by atoms with van der Waals surface area (Å²) >= 11 is 1.11. The molecule has 0 aromatic rings. The molecule has 0 heterocycles. The van der Waals surface area contributed by atoms with Gasteiger partial charge >= 0.3 is 0 Å². The van der Waals surface area contributed by atoms with Crippen molar-refractivity contribution < 1.29 is 8.42 Å². The zero-order valence-corrected chi connectivity index (χ0v) is 9.20. The molecule has 13 heavy (non-hydrogen) atoms. The molecular formula is C8H13NO2S2. The molecule has 3 nitrogen and oxygen atoms in total. The Morgan fingerprint density at radius 2 is 2.00 bits per heavy atom. The molecule has 0 unspecified atom stereocenters. The van der Waals surface area contributed by atoms with E-state index in [1.165, 1.54) is 6.26 Å². The molecule has 0 N–H and O–H groups in total. The van der Waals surface area contributed by atoms with Crippen LogP contribution in [-0.2, 0) is 9.84 Å². The minimum absolute atomic E-state index is 0.00579. The highest BCUT2D eigenvalue weighted by Crippen LogP contribution is 2.32. The van der Waals surface area contributed by atoms with E-state index in [0.29, 0.717) is 0 Å². The van der Waals surface area contributed by atoms with E-state index in [4.69, 9.17) is 5.26 Å². The number of hydrogen-bond acceptors (Lipinski definition) is 4. The third kappa shape index (κ3) is 2.89. The Bertz CT molecular complexity index is 305. The molecule has 1 rings (SSSR count). The highest BCUT2D eigenvalue weighted by molar-refractivity contribution is 8.05. The SMILES string of the molecule is CS(=O)(=O)[C@H]1CCCC[C@H]1SC#N. The minimum atomic E-state index is -2.97. The van der Waals surface area contributed by atoms with Gasteiger partial charge in [-0.25, -0.2) is 8.42 Å². The fraction of sp³-hybridized carbons (Fsp3) is 0.875. The number of nitriles is 1. The first kappa shape index (κ1) is 10.9. The molecule has 0 spiro atoms. The quantitative estimate of drug-likeness (QED) is 0.661. The summed E-state index contributed by atoms with van der Waals surface area (Å²) in [5, 5.41) is 10.2. The van der Waals surface area contributed by atoms with Crippen LogP contribution in [0.5, 0.6) is 0 Å². The number of sulfone groups is 1. The number of nitrogens with zero attached hydrogens (tertiary/aromatic N) is 1. The van der Waals surface area contributed by atoms with E-state index in [0.717, 1.165) is 37.4 Å². The molecule has 1 aliphatic carbocycles. The van der Waals surface area contributed by atoms with Crippen molar-refractivity contribution in [3.05, 3.63) is 0 Å². The largest absolute Gasteiger partial charge is 0.229 e. The molecule has 1 aliphatic rings. The zero-order chi connectivity index (χ0) is 9.90. The van der Waals surface area contributed by atoms with Crippen molar-refractivity contribution in [2.45, 2.75) is 36.2 Å². The lowest BCUT2D eigenvalue weighted by Crippen LogP contribution is -2.33. The molecular weight excluding hydrogens is 206 g/mol. The lowest BCUT2D eigenvalue weighted by atomic mass is 10.00. The van der Waals surface area contributed by atoms with Crippen LogP contribution in [0.3, 0.4) is 0 Å². The molecule has 1 saturated carbocycles. The molecule has 0 saturated heterocycles. The minimum Gasteiger partial charge on any atom is -0.229 e. The van der Waals surface area contributed by atoms with Crippen LogP contribution in [-0.4, -0.2) is 25.2 Å². The van der Waals surface area contributed by atoms with E-state index in [1.807, 2.05) is 5.40 Å². The average Bonchev–Trinajstić information content (AvgIpc) is 2.04. The standard InChI is InChI=1S/C8H13NO2S2/c1-13(10,11)8-5-3-2-4-7(8)12-6-9/h7-8H,2-5H2,1H3/t7-,8+/m1/s1. The van der Waals surface area contributed by atoms with Gasteiger partial charge in [0.25, 0.3) is 0 Å². The fourth-order valence-corrected chi connectivity index (χ4v) is 4.52. The zero-order valence-electron chi connectivity index (χ0n) is 7.56. The van der Waals surface area contributed by atoms with E-state index >= 15 is 0 Å². The van der Waals surface area contributed by atoms with E-state index in [9.17, 15) is 8.42 Å². The molecule has 1 fully saturated rings. The normalized spacial score (nSPS) is 29.5. The van der Waals surface area contributed by atoms with Gasteiger partial charge in [-0.1, -0.05) is 12.8 Å². The fourth-order valence-electron chi connectivity index (χ4n) is 1.76. The van der Waals surface area contributed by atoms with Crippen molar-refractivity contribution in [2.24, 2.45) is 0 Å². The van der Waals surface area contributed by atoms with Gasteiger partial charge in [0.15, 0.2) is 9.84 Å². The highest BCUT2D eigenvalue weighted by Gasteiger charge is 2.33. The van der Waals surface area contributed by atoms with Crippen molar-refractivity contribution in [2.75, 3.05) is 6.26 Å². The first-order chi connectivity index (χ1) is 6.05. The monoisotopic (exact) mass is 219 g/mol. The maximum Gasteiger partial charge on any atom is 0.151 e. The number of rotatable bonds is 2. The molecule has 0 radical (unpaired) electrons. The third-order valence-corrected chi connectivity index (χ3v) is 5.20. The highest BCUT2D eigenvalue weighted by atomic mass is 32.2. The average molecular weight is 219 g/mol. The maximum absolute atomic E-state index is 11.3. The van der Waals surface area contributed by atoms with Gasteiger partial charge in [-0.05, 0) is 24.6 Å². The summed E-state index contributed by atoms with van der Waals surface area (Å²) in [7, 11) is -2.97. The summed E-state index contributed by atoms with van der Waals surface area (Å²) in [6.45, 7) is 0. The van der Waals surface area contributed by atoms with Gasteiger partial charge in [-0.15, -0.1) is 0 Å². The molecule has 0 aromatic carbocycles. The second kappa shape index (κ2) is 4.34. The number of hydrogen-bond donors (Lipinski definition) is 0. The molecule has 0 aliphatic heterocycles. The van der Waals surface area contributed by atoms with Crippen LogP contribution in [0.25, 0.3) is 0 Å². The molecule has 0 aromatic heterocycles. The van der Waals surface area contributed by atoms with Crippen molar-refractivity contribution in [1.82, 2.24) is 0 Å². The summed E-state index contributed by atoms with van der Waals surface area (Å²) in [6.07, 6.45) is 4.87. The van der Waals surface area contributed by atoms with Gasteiger partial charge in [0.05, 0.1) is 5.25 Å². The lowest BCUT2D eigenvalue weighted by Gasteiger charge is -2.27. The Kier molecular flexibility index (Phi) is 3.63. The van der Waals surface area contributed by atoms with E-state index in [2.05, 4.69) is 0 Å². The van der Waals surface area contributed by atoms with Crippen LogP contribution in [0.1, 0.15) is 25.7 Å². The predicted octanol–water partition coefficient (Wildman–Crippen LogP) is 1.56. The van der Waals surface area contributed by atoms with Gasteiger partial charge in [0.2, 0.25) is 0 Å². The Balaban J connectivity index is 2.74. The number of thiocyanates is 1. The summed E-state index contributed by atoms with van der Waals surface area (Å²) in [4.78, 5) is 0. The molecule has 0 amide bonds. The molecule has 2 atom stereocenters. The van der Waals surface area contributed by atoms with Gasteiger partial charge in [0, 0.05) is 11.5 Å². The van der Waals surface area contributed by atoms with Gasteiger partial charge in [0.1, 0.15) is 5.40 Å². The van der Waals surface area contributed by atoms with Crippen molar-refractivity contribution in [3.8, 4) is 5.40 Å². The Morgan fingerprint density at radius 3 is 2.54 bits per heavy atom. The van der Waals surface area contributed by atoms with Crippen LogP contribution in [0.2, 0.25) is 0 Å². The maximum atomic E-state index is 11.3. The Labute approximate surface area is 83.4 Å². The van der Waals surface area contributed by atoms with Crippen LogP contribution in [0.4, 0.5) is 0 Å². The van der Waals surface area contributed by atoms with Gasteiger partial charge in [-0.2, -0.15) is 5.26 Å². The Hall–Kier alpha value is -0.210. The van der Waals surface area contributed by atoms with E-state index in [-0.39, 0.29) is 10.5 Å². The second-order valence-corrected chi connectivity index (χ2v) is 6.69. The van der Waals surface area contributed by atoms with Gasteiger partial charge < -0.3 is 0 Å². The van der Waals surface area contributed by atoms with Crippen LogP contribution < -0.4 is 0 Å². The van der Waals surface area contributed by atoms with Crippen LogP contribution in [0, 0.1) is 10.7 Å². The van der Waals surface area contributed by atoms with Gasteiger partial charge in [-0.3, -0.25) is 0 Å². The van der Waals surface area contributed by atoms with E-state index < -0.39 is 9.84 Å².